The first kappa shape index (κ1) is 21.5. The Labute approximate surface area is 175 Å². The molecule has 7 nitrogen and oxygen atoms in total. The Morgan fingerprint density at radius 3 is 2.60 bits per heavy atom. The topological polar surface area (TPSA) is 98.4 Å². The number of primary amides is 1. The van der Waals surface area contributed by atoms with E-state index in [0.29, 0.717) is 17.9 Å². The molecule has 0 aliphatic carbocycles. The summed E-state index contributed by atoms with van der Waals surface area (Å²) in [6.07, 6.45) is 0.809. The lowest BCUT2D eigenvalue weighted by molar-refractivity contribution is -0.119. The molecule has 1 amide bonds. The molecule has 0 spiro atoms. The van der Waals surface area contributed by atoms with Crippen LogP contribution in [0.2, 0.25) is 0 Å². The second-order valence-corrected chi connectivity index (χ2v) is 7.22. The molecule has 2 aromatic carbocycles. The molecule has 0 aliphatic heterocycles. The van der Waals surface area contributed by atoms with Gasteiger partial charge >= 0.3 is 0 Å². The molecule has 3 aromatic rings. The van der Waals surface area contributed by atoms with Gasteiger partial charge in [-0.05, 0) is 62.7 Å². The molecule has 7 heteroatoms. The number of hydrogen-bond acceptors (Lipinski definition) is 5. The summed E-state index contributed by atoms with van der Waals surface area (Å²) in [5, 5.41) is 7.06. The fourth-order valence-electron chi connectivity index (χ4n) is 3.23. The first-order valence-electron chi connectivity index (χ1n) is 10.1. The van der Waals surface area contributed by atoms with E-state index >= 15 is 0 Å². The third-order valence-electron chi connectivity index (χ3n) is 4.96. The van der Waals surface area contributed by atoms with E-state index in [1.54, 1.807) is 11.5 Å². The number of aromatic nitrogens is 1. The van der Waals surface area contributed by atoms with Gasteiger partial charge in [0.1, 0.15) is 11.5 Å². The standard InChI is InChI=1S/C23H28N4O3/c1-16(22(24)28)26-15-18-13-17-9-10-20(30-19-7-4-3-5-8-19)14-21(17)27(23(18)29)12-6-11-25-2/h3-5,7-10,13-14,16,25-26H,6,11-12,15H2,1-2H3,(H2,24,28). The van der Waals surface area contributed by atoms with Gasteiger partial charge in [-0.1, -0.05) is 18.2 Å². The Hall–Kier alpha value is -3.16. The third kappa shape index (κ3) is 5.25. The highest BCUT2D eigenvalue weighted by atomic mass is 16.5. The summed E-state index contributed by atoms with van der Waals surface area (Å²) in [7, 11) is 1.89. The number of ether oxygens (including phenoxy) is 1. The van der Waals surface area contributed by atoms with Crippen molar-refractivity contribution in [1.29, 1.82) is 0 Å². The third-order valence-corrected chi connectivity index (χ3v) is 4.96. The molecule has 0 fully saturated rings. The number of aryl methyl sites for hydroxylation is 1. The van der Waals surface area contributed by atoms with E-state index in [0.717, 1.165) is 29.6 Å². The maximum absolute atomic E-state index is 13.2. The number of benzene rings is 2. The Morgan fingerprint density at radius 2 is 1.90 bits per heavy atom. The molecule has 1 atom stereocenters. The van der Waals surface area contributed by atoms with Crippen LogP contribution in [0.3, 0.4) is 0 Å². The number of nitrogens with two attached hydrogens (primary N) is 1. The van der Waals surface area contributed by atoms with Crippen LogP contribution in [0.1, 0.15) is 18.9 Å². The van der Waals surface area contributed by atoms with Gasteiger partial charge in [0, 0.05) is 24.7 Å². The summed E-state index contributed by atoms with van der Waals surface area (Å²) in [4.78, 5) is 24.5. The molecular formula is C23H28N4O3. The smallest absolute Gasteiger partial charge is 0.255 e. The molecule has 0 radical (unpaired) electrons. The second kappa shape index (κ2) is 10.0. The molecule has 1 heterocycles. The molecule has 30 heavy (non-hydrogen) atoms. The van der Waals surface area contributed by atoms with Crippen LogP contribution in [0.25, 0.3) is 10.9 Å². The zero-order valence-electron chi connectivity index (χ0n) is 17.4. The summed E-state index contributed by atoms with van der Waals surface area (Å²) in [5.41, 5.74) is 6.64. The van der Waals surface area contributed by atoms with Crippen molar-refractivity contribution >= 4 is 16.8 Å². The van der Waals surface area contributed by atoms with Crippen LogP contribution >= 0.6 is 0 Å². The van der Waals surface area contributed by atoms with E-state index in [2.05, 4.69) is 10.6 Å². The van der Waals surface area contributed by atoms with Gasteiger partial charge in [-0.3, -0.25) is 9.59 Å². The maximum atomic E-state index is 13.2. The minimum atomic E-state index is -0.514. The zero-order chi connectivity index (χ0) is 21.5. The molecule has 4 N–H and O–H groups in total. The van der Waals surface area contributed by atoms with E-state index in [4.69, 9.17) is 10.5 Å². The quantitative estimate of drug-likeness (QED) is 0.448. The van der Waals surface area contributed by atoms with Crippen molar-refractivity contribution < 1.29 is 9.53 Å². The van der Waals surface area contributed by atoms with Crippen molar-refractivity contribution in [2.75, 3.05) is 13.6 Å². The van der Waals surface area contributed by atoms with Crippen molar-refractivity contribution in [3.8, 4) is 11.5 Å². The number of nitrogens with zero attached hydrogens (tertiary/aromatic N) is 1. The highest BCUT2D eigenvalue weighted by Gasteiger charge is 2.13. The lowest BCUT2D eigenvalue weighted by atomic mass is 10.1. The number of carbonyl (C=O) groups excluding carboxylic acids is 1. The summed E-state index contributed by atoms with van der Waals surface area (Å²) < 4.78 is 7.73. The van der Waals surface area contributed by atoms with Crippen molar-refractivity contribution in [3.63, 3.8) is 0 Å². The molecular weight excluding hydrogens is 380 g/mol. The van der Waals surface area contributed by atoms with E-state index in [-0.39, 0.29) is 12.1 Å². The van der Waals surface area contributed by atoms with Gasteiger partial charge in [0.05, 0.1) is 11.6 Å². The highest BCUT2D eigenvalue weighted by Crippen LogP contribution is 2.25. The van der Waals surface area contributed by atoms with Gasteiger partial charge in [0.2, 0.25) is 5.91 Å². The minimum absolute atomic E-state index is 0.0837. The first-order chi connectivity index (χ1) is 14.5. The van der Waals surface area contributed by atoms with Crippen molar-refractivity contribution in [1.82, 2.24) is 15.2 Å². The average Bonchev–Trinajstić information content (AvgIpc) is 2.74. The van der Waals surface area contributed by atoms with E-state index in [1.165, 1.54) is 0 Å². The molecule has 0 aliphatic rings. The summed E-state index contributed by atoms with van der Waals surface area (Å²) in [6, 6.07) is 16.6. The number of fused-ring (bicyclic) bond motifs is 1. The van der Waals surface area contributed by atoms with Gasteiger partial charge in [0.15, 0.2) is 0 Å². The zero-order valence-corrected chi connectivity index (χ0v) is 17.4. The number of pyridine rings is 1. The number of para-hydroxylation sites is 1. The largest absolute Gasteiger partial charge is 0.457 e. The number of rotatable bonds is 10. The molecule has 1 aromatic heterocycles. The minimum Gasteiger partial charge on any atom is -0.457 e. The number of carbonyl (C=O) groups is 1. The Kier molecular flexibility index (Phi) is 7.21. The Bertz CT molecular complexity index is 1060. The second-order valence-electron chi connectivity index (χ2n) is 7.22. The SMILES string of the molecule is CNCCCn1c(=O)c(CNC(C)C(N)=O)cc2ccc(Oc3ccccc3)cc21. The van der Waals surface area contributed by atoms with Crippen LogP contribution in [-0.4, -0.2) is 30.1 Å². The van der Waals surface area contributed by atoms with Crippen LogP contribution in [-0.2, 0) is 17.9 Å². The molecule has 1 unspecified atom stereocenters. The monoisotopic (exact) mass is 408 g/mol. The maximum Gasteiger partial charge on any atom is 0.255 e. The number of amides is 1. The van der Waals surface area contributed by atoms with Crippen LogP contribution in [0.5, 0.6) is 11.5 Å². The fraction of sp³-hybridized carbons (Fsp3) is 0.304. The van der Waals surface area contributed by atoms with E-state index in [9.17, 15) is 9.59 Å². The van der Waals surface area contributed by atoms with Gasteiger partial charge < -0.3 is 25.7 Å². The Balaban J connectivity index is 1.97. The fourth-order valence-corrected chi connectivity index (χ4v) is 3.23. The molecule has 0 saturated carbocycles. The predicted molar refractivity (Wildman–Crippen MR) is 119 cm³/mol. The summed E-state index contributed by atoms with van der Waals surface area (Å²) >= 11 is 0. The molecule has 0 saturated heterocycles. The lowest BCUT2D eigenvalue weighted by Gasteiger charge is -2.16. The average molecular weight is 409 g/mol. The van der Waals surface area contributed by atoms with Gasteiger partial charge in [-0.15, -0.1) is 0 Å². The van der Waals surface area contributed by atoms with Crippen LogP contribution in [0, 0.1) is 0 Å². The van der Waals surface area contributed by atoms with Crippen LogP contribution in [0.15, 0.2) is 59.4 Å². The van der Waals surface area contributed by atoms with E-state index in [1.807, 2.05) is 61.6 Å². The summed E-state index contributed by atoms with van der Waals surface area (Å²) in [6.45, 7) is 3.33. The molecule has 3 rings (SSSR count). The molecule has 158 valence electrons. The van der Waals surface area contributed by atoms with Gasteiger partial charge in [-0.25, -0.2) is 0 Å². The normalized spacial score (nSPS) is 12.1. The Morgan fingerprint density at radius 1 is 1.13 bits per heavy atom. The lowest BCUT2D eigenvalue weighted by Crippen LogP contribution is -2.39. The van der Waals surface area contributed by atoms with Crippen molar-refractivity contribution in [2.45, 2.75) is 32.5 Å². The highest BCUT2D eigenvalue weighted by molar-refractivity contribution is 5.81. The van der Waals surface area contributed by atoms with Crippen molar-refractivity contribution in [2.24, 2.45) is 5.73 Å². The van der Waals surface area contributed by atoms with Crippen molar-refractivity contribution in [3.05, 3.63) is 70.5 Å². The van der Waals surface area contributed by atoms with E-state index < -0.39 is 11.9 Å². The number of hydrogen-bond donors (Lipinski definition) is 3. The predicted octanol–water partition coefficient (Wildman–Crippen LogP) is 2.37. The molecule has 0 bridgehead atoms. The number of nitrogens with one attached hydrogen (secondary N) is 2. The van der Waals surface area contributed by atoms with Crippen LogP contribution < -0.4 is 26.7 Å². The summed E-state index contributed by atoms with van der Waals surface area (Å²) in [5.74, 6) is 0.957. The van der Waals surface area contributed by atoms with Gasteiger partial charge in [-0.2, -0.15) is 0 Å². The van der Waals surface area contributed by atoms with Crippen LogP contribution in [0.4, 0.5) is 0 Å². The van der Waals surface area contributed by atoms with Gasteiger partial charge in [0.25, 0.3) is 5.56 Å². The first-order valence-corrected chi connectivity index (χ1v) is 10.1.